The van der Waals surface area contributed by atoms with Gasteiger partial charge in [-0.05, 0) is 10.8 Å². The number of carbonyl (C=O) groups is 2. The maximum Gasteiger partial charge on any atom is 0.262 e. The summed E-state index contributed by atoms with van der Waals surface area (Å²) in [6, 6.07) is 0. The molecule has 0 bridgehead atoms. The van der Waals surface area contributed by atoms with E-state index in [1.165, 1.54) is 0 Å². The van der Waals surface area contributed by atoms with Crippen LogP contribution in [0.15, 0.2) is 0 Å². The fourth-order valence-corrected chi connectivity index (χ4v) is 0.194. The molecule has 34 valence electrons. The smallest absolute Gasteiger partial charge is 0.262 e. The van der Waals surface area contributed by atoms with Crippen molar-refractivity contribution in [2.24, 2.45) is 0 Å². The first-order valence-electron chi connectivity index (χ1n) is 1.12. The Balaban J connectivity index is 3.23. The van der Waals surface area contributed by atoms with E-state index < -0.39 is 5.12 Å². The van der Waals surface area contributed by atoms with Gasteiger partial charge >= 0.3 is 0 Å². The van der Waals surface area contributed by atoms with Crippen LogP contribution in [0, 0.1) is 0 Å². The molecule has 0 atom stereocenters. The molecule has 0 aliphatic rings. The van der Waals surface area contributed by atoms with Gasteiger partial charge in [0.25, 0.3) is 5.12 Å². The molecular formula is C2H2O2S2. The summed E-state index contributed by atoms with van der Waals surface area (Å²) >= 11 is 3.43. The van der Waals surface area contributed by atoms with Crippen LogP contribution >= 0.6 is 22.5 Å². The lowest BCUT2D eigenvalue weighted by Gasteiger charge is -1.69. The Labute approximate surface area is 44.1 Å². The molecule has 0 aliphatic heterocycles. The largest absolute Gasteiger partial charge is 0.294 e. The lowest BCUT2D eigenvalue weighted by atomic mass is 10.9. The Morgan fingerprint density at radius 3 is 2.33 bits per heavy atom. The summed E-state index contributed by atoms with van der Waals surface area (Å²) in [6.07, 6.45) is 0.220. The Morgan fingerprint density at radius 2 is 2.33 bits per heavy atom. The summed E-state index contributed by atoms with van der Waals surface area (Å²) in [6.45, 7) is 0. The number of thiol groups is 1. The Bertz CT molecular complexity index is 69.9. The molecule has 0 saturated carbocycles. The standard InChI is InChI=1S/C2H2O2S2/c3-1-2(4)6-5/h1,5H. The number of aldehydes is 1. The first-order chi connectivity index (χ1) is 2.81. The maximum atomic E-state index is 9.70. The van der Waals surface area contributed by atoms with Gasteiger partial charge in [-0.15, -0.1) is 11.7 Å². The van der Waals surface area contributed by atoms with E-state index in [0.29, 0.717) is 10.8 Å². The van der Waals surface area contributed by atoms with Crippen molar-refractivity contribution in [3.05, 3.63) is 0 Å². The molecular weight excluding hydrogens is 120 g/mol. The molecule has 0 rings (SSSR count). The van der Waals surface area contributed by atoms with E-state index in [1.54, 1.807) is 0 Å². The van der Waals surface area contributed by atoms with Gasteiger partial charge in [0.15, 0.2) is 6.29 Å². The second-order valence-electron chi connectivity index (χ2n) is 0.528. The molecule has 0 unspecified atom stereocenters. The molecule has 0 N–H and O–H groups in total. The minimum atomic E-state index is -0.557. The summed E-state index contributed by atoms with van der Waals surface area (Å²) in [5.41, 5.74) is 0. The summed E-state index contributed by atoms with van der Waals surface area (Å²) in [7, 11) is 0.612. The van der Waals surface area contributed by atoms with Gasteiger partial charge in [0.2, 0.25) is 0 Å². The first kappa shape index (κ1) is 6.04. The minimum Gasteiger partial charge on any atom is -0.294 e. The molecule has 0 aromatic rings. The van der Waals surface area contributed by atoms with Crippen molar-refractivity contribution >= 4 is 33.9 Å². The lowest BCUT2D eigenvalue weighted by molar-refractivity contribution is -0.124. The van der Waals surface area contributed by atoms with E-state index in [4.69, 9.17) is 0 Å². The summed E-state index contributed by atoms with van der Waals surface area (Å²) in [5, 5.41) is -0.557. The molecule has 0 radical (unpaired) electrons. The maximum absolute atomic E-state index is 9.70. The van der Waals surface area contributed by atoms with Crippen LogP contribution in [0.2, 0.25) is 0 Å². The minimum absolute atomic E-state index is 0.220. The Morgan fingerprint density at radius 1 is 1.83 bits per heavy atom. The van der Waals surface area contributed by atoms with Gasteiger partial charge in [-0.2, -0.15) is 0 Å². The SMILES string of the molecule is O=CC(=O)SS. The summed E-state index contributed by atoms with van der Waals surface area (Å²) in [5.74, 6) is 0. The molecule has 0 spiro atoms. The average molecular weight is 122 g/mol. The molecule has 2 nitrogen and oxygen atoms in total. The van der Waals surface area contributed by atoms with Crippen LogP contribution in [0.1, 0.15) is 0 Å². The average Bonchev–Trinajstić information content (AvgIpc) is 1.65. The van der Waals surface area contributed by atoms with E-state index in [0.717, 1.165) is 0 Å². The number of hydrogen-bond donors (Lipinski definition) is 1. The van der Waals surface area contributed by atoms with Crippen LogP contribution in [-0.4, -0.2) is 11.4 Å². The molecule has 0 aliphatic carbocycles. The number of hydrogen-bond acceptors (Lipinski definition) is 4. The van der Waals surface area contributed by atoms with Gasteiger partial charge in [-0.3, -0.25) is 9.59 Å². The highest BCUT2D eigenvalue weighted by Gasteiger charge is 1.89. The van der Waals surface area contributed by atoms with Gasteiger partial charge in [0.1, 0.15) is 0 Å². The van der Waals surface area contributed by atoms with Crippen LogP contribution in [-0.2, 0) is 9.59 Å². The molecule has 0 amide bonds. The van der Waals surface area contributed by atoms with Gasteiger partial charge in [0.05, 0.1) is 0 Å². The van der Waals surface area contributed by atoms with Gasteiger partial charge in [0, 0.05) is 0 Å². The Hall–Kier alpha value is 0.0400. The highest BCUT2D eigenvalue weighted by atomic mass is 33.1. The van der Waals surface area contributed by atoms with E-state index in [-0.39, 0.29) is 6.29 Å². The molecule has 0 fully saturated rings. The fraction of sp³-hybridized carbons (Fsp3) is 0. The van der Waals surface area contributed by atoms with Gasteiger partial charge in [-0.25, -0.2) is 0 Å². The molecule has 0 aromatic heterocycles. The zero-order valence-electron chi connectivity index (χ0n) is 2.75. The second-order valence-corrected chi connectivity index (χ2v) is 1.66. The number of carbonyl (C=O) groups excluding carboxylic acids is 2. The number of rotatable bonds is 1. The molecule has 0 saturated heterocycles. The lowest BCUT2D eigenvalue weighted by Crippen LogP contribution is -1.84. The van der Waals surface area contributed by atoms with Crippen molar-refractivity contribution in [1.82, 2.24) is 0 Å². The normalized spacial score (nSPS) is 7.50. The third kappa shape index (κ3) is 2.29. The van der Waals surface area contributed by atoms with E-state index in [1.807, 2.05) is 0 Å². The zero-order valence-corrected chi connectivity index (χ0v) is 4.46. The van der Waals surface area contributed by atoms with Crippen molar-refractivity contribution in [2.75, 3.05) is 0 Å². The second kappa shape index (κ2) is 3.24. The van der Waals surface area contributed by atoms with Crippen molar-refractivity contribution in [2.45, 2.75) is 0 Å². The molecule has 6 heavy (non-hydrogen) atoms. The van der Waals surface area contributed by atoms with Gasteiger partial charge < -0.3 is 0 Å². The van der Waals surface area contributed by atoms with Crippen molar-refractivity contribution in [1.29, 1.82) is 0 Å². The van der Waals surface area contributed by atoms with Crippen molar-refractivity contribution in [3.63, 3.8) is 0 Å². The Kier molecular flexibility index (Phi) is 3.26. The summed E-state index contributed by atoms with van der Waals surface area (Å²) in [4.78, 5) is 19.0. The van der Waals surface area contributed by atoms with Crippen LogP contribution in [0.5, 0.6) is 0 Å². The topological polar surface area (TPSA) is 34.1 Å². The highest BCUT2D eigenvalue weighted by Crippen LogP contribution is 2.02. The predicted molar refractivity (Wildman–Crippen MR) is 27.6 cm³/mol. The zero-order chi connectivity index (χ0) is 4.99. The van der Waals surface area contributed by atoms with Crippen LogP contribution in [0.3, 0.4) is 0 Å². The third-order valence-electron chi connectivity index (χ3n) is 0.186. The summed E-state index contributed by atoms with van der Waals surface area (Å²) < 4.78 is 0. The van der Waals surface area contributed by atoms with Crippen molar-refractivity contribution < 1.29 is 9.59 Å². The highest BCUT2D eigenvalue weighted by molar-refractivity contribution is 8.75. The molecule has 0 heterocycles. The third-order valence-corrected chi connectivity index (χ3v) is 1.00. The quantitative estimate of drug-likeness (QED) is 0.235. The molecule has 0 aromatic carbocycles. The van der Waals surface area contributed by atoms with Crippen LogP contribution < -0.4 is 0 Å². The predicted octanol–water partition coefficient (Wildman–Crippen LogP) is 0.290. The van der Waals surface area contributed by atoms with E-state index in [2.05, 4.69) is 11.7 Å². The first-order valence-corrected chi connectivity index (χ1v) is 2.98. The van der Waals surface area contributed by atoms with Crippen molar-refractivity contribution in [3.8, 4) is 0 Å². The van der Waals surface area contributed by atoms with E-state index in [9.17, 15) is 9.59 Å². The van der Waals surface area contributed by atoms with Crippen LogP contribution in [0.25, 0.3) is 0 Å². The van der Waals surface area contributed by atoms with E-state index >= 15 is 0 Å². The fourth-order valence-electron chi connectivity index (χ4n) is 0.0215. The van der Waals surface area contributed by atoms with Gasteiger partial charge in [-0.1, -0.05) is 0 Å². The monoisotopic (exact) mass is 122 g/mol. The molecule has 4 heteroatoms. The van der Waals surface area contributed by atoms with Crippen LogP contribution in [0.4, 0.5) is 0 Å².